The molecule has 8 nitrogen and oxygen atoms in total. The van der Waals surface area contributed by atoms with Gasteiger partial charge in [-0.05, 0) is 66.3 Å². The predicted octanol–water partition coefficient (Wildman–Crippen LogP) is 4.46. The third-order valence-corrected chi connectivity index (χ3v) is 7.91. The van der Waals surface area contributed by atoms with Crippen molar-refractivity contribution in [2.75, 3.05) is 41.3 Å². The lowest BCUT2D eigenvalue weighted by molar-refractivity contribution is -0.129. The van der Waals surface area contributed by atoms with Gasteiger partial charge in [0.2, 0.25) is 5.91 Å². The number of fused-ring (bicyclic) bond motifs is 2. The van der Waals surface area contributed by atoms with Crippen molar-refractivity contribution < 1.29 is 9.59 Å². The lowest BCUT2D eigenvalue weighted by Crippen LogP contribution is -2.34. The molecule has 40 heavy (non-hydrogen) atoms. The van der Waals surface area contributed by atoms with Crippen molar-refractivity contribution in [2.24, 2.45) is 7.05 Å². The normalized spacial score (nSPS) is 13.4. The Morgan fingerprint density at radius 2 is 1.73 bits per heavy atom. The first-order chi connectivity index (χ1) is 19.0. The summed E-state index contributed by atoms with van der Waals surface area (Å²) >= 11 is 0. The van der Waals surface area contributed by atoms with Crippen LogP contribution in [0.1, 0.15) is 39.0 Å². The largest absolute Gasteiger partial charge is 0.349 e. The van der Waals surface area contributed by atoms with E-state index in [0.29, 0.717) is 12.0 Å². The molecule has 0 saturated carbocycles. The summed E-state index contributed by atoms with van der Waals surface area (Å²) in [5.74, 6) is 0.154. The number of hydrogen-bond acceptors (Lipinski definition) is 5. The van der Waals surface area contributed by atoms with Crippen LogP contribution in [-0.2, 0) is 24.8 Å². The maximum Gasteiger partial charge on any atom is 0.253 e. The van der Waals surface area contributed by atoms with E-state index in [1.165, 1.54) is 16.7 Å². The average Bonchev–Trinajstić information content (AvgIpc) is 3.26. The van der Waals surface area contributed by atoms with Gasteiger partial charge < -0.3 is 14.4 Å². The molecule has 2 aromatic carbocycles. The molecular weight excluding hydrogens is 500 g/mol. The third kappa shape index (κ3) is 5.23. The molecule has 0 spiro atoms. The number of nitrogens with zero attached hydrogens (tertiary/aromatic N) is 6. The lowest BCUT2D eigenvalue weighted by atomic mass is 9.92. The Hall–Kier alpha value is -4.04. The molecule has 4 aromatic rings. The number of amides is 2. The summed E-state index contributed by atoms with van der Waals surface area (Å²) in [6, 6.07) is 10.4. The van der Waals surface area contributed by atoms with Crippen molar-refractivity contribution in [3.63, 3.8) is 0 Å². The number of aromatic nitrogens is 3. The van der Waals surface area contributed by atoms with Crippen molar-refractivity contribution in [1.82, 2.24) is 29.2 Å². The minimum absolute atomic E-state index is 0.00492. The molecule has 2 aromatic heterocycles. The van der Waals surface area contributed by atoms with E-state index in [-0.39, 0.29) is 11.8 Å². The summed E-state index contributed by atoms with van der Waals surface area (Å²) in [5, 5.41) is 0. The molecule has 5 rings (SSSR count). The second kappa shape index (κ2) is 10.8. The van der Waals surface area contributed by atoms with E-state index in [1.807, 2.05) is 51.0 Å². The first kappa shape index (κ1) is 27.5. The quantitative estimate of drug-likeness (QED) is 0.363. The van der Waals surface area contributed by atoms with Crippen LogP contribution in [0.25, 0.3) is 33.5 Å². The van der Waals surface area contributed by atoms with Gasteiger partial charge in [-0.1, -0.05) is 12.1 Å². The van der Waals surface area contributed by atoms with Crippen LogP contribution < -0.4 is 0 Å². The van der Waals surface area contributed by atoms with Gasteiger partial charge >= 0.3 is 0 Å². The Morgan fingerprint density at radius 1 is 0.975 bits per heavy atom. The Bertz CT molecular complexity index is 1620. The molecule has 2 amide bonds. The molecule has 0 saturated heterocycles. The fraction of sp³-hybridized carbons (Fsp3) is 0.375. The first-order valence-corrected chi connectivity index (χ1v) is 13.7. The smallest absolute Gasteiger partial charge is 0.253 e. The molecule has 0 aliphatic carbocycles. The molecule has 208 valence electrons. The SMILES string of the molecule is Cc1cc(-c2cn(C)c3ncc(-c4cc(C)c5c(c4)CN(CCC(=O)N(C)C)CC5)nc23)ccc1C(=O)N(C)C. The van der Waals surface area contributed by atoms with E-state index in [1.54, 1.807) is 23.9 Å². The molecule has 0 N–H and O–H groups in total. The summed E-state index contributed by atoms with van der Waals surface area (Å²) in [7, 11) is 9.13. The van der Waals surface area contributed by atoms with Crippen molar-refractivity contribution in [1.29, 1.82) is 0 Å². The molecular formula is C32H38N6O2. The predicted molar refractivity (Wildman–Crippen MR) is 159 cm³/mol. The molecule has 3 heterocycles. The third-order valence-electron chi connectivity index (χ3n) is 7.91. The minimum Gasteiger partial charge on any atom is -0.349 e. The monoisotopic (exact) mass is 538 g/mol. The topological polar surface area (TPSA) is 74.6 Å². The lowest BCUT2D eigenvalue weighted by Gasteiger charge is -2.30. The van der Waals surface area contributed by atoms with Gasteiger partial charge in [0.1, 0.15) is 5.52 Å². The van der Waals surface area contributed by atoms with Crippen molar-refractivity contribution in [3.8, 4) is 22.4 Å². The van der Waals surface area contributed by atoms with E-state index in [2.05, 4.69) is 36.2 Å². The number of aryl methyl sites for hydroxylation is 3. The number of carbonyl (C=O) groups is 2. The van der Waals surface area contributed by atoms with Gasteiger partial charge in [-0.3, -0.25) is 14.5 Å². The molecule has 0 radical (unpaired) electrons. The molecule has 8 heteroatoms. The molecule has 1 aliphatic heterocycles. The molecule has 0 bridgehead atoms. The Balaban J connectivity index is 1.48. The Labute approximate surface area is 236 Å². The van der Waals surface area contributed by atoms with Crippen molar-refractivity contribution >= 4 is 23.0 Å². The van der Waals surface area contributed by atoms with E-state index in [9.17, 15) is 9.59 Å². The molecule has 0 fully saturated rings. The summed E-state index contributed by atoms with van der Waals surface area (Å²) in [6.45, 7) is 6.70. The number of carbonyl (C=O) groups excluding carboxylic acids is 2. The number of rotatable bonds is 6. The summed E-state index contributed by atoms with van der Waals surface area (Å²) in [5.41, 5.74) is 11.1. The van der Waals surface area contributed by atoms with Gasteiger partial charge in [0.15, 0.2) is 5.65 Å². The zero-order valence-corrected chi connectivity index (χ0v) is 24.6. The summed E-state index contributed by atoms with van der Waals surface area (Å²) in [6.07, 6.45) is 5.43. The molecule has 0 unspecified atom stereocenters. The van der Waals surface area contributed by atoms with E-state index >= 15 is 0 Å². The van der Waals surface area contributed by atoms with Crippen LogP contribution in [0, 0.1) is 13.8 Å². The molecule has 1 aliphatic rings. The second-order valence-electron chi connectivity index (χ2n) is 11.3. The highest BCUT2D eigenvalue weighted by Crippen LogP contribution is 2.33. The van der Waals surface area contributed by atoms with Gasteiger partial charge in [-0.25, -0.2) is 9.97 Å². The van der Waals surface area contributed by atoms with Crippen LogP contribution in [0.5, 0.6) is 0 Å². The van der Waals surface area contributed by atoms with E-state index < -0.39 is 0 Å². The maximum absolute atomic E-state index is 12.6. The Kier molecular flexibility index (Phi) is 7.47. The van der Waals surface area contributed by atoms with Crippen LogP contribution >= 0.6 is 0 Å². The first-order valence-electron chi connectivity index (χ1n) is 13.7. The highest BCUT2D eigenvalue weighted by molar-refractivity contribution is 5.97. The van der Waals surface area contributed by atoms with Gasteiger partial charge in [-0.15, -0.1) is 0 Å². The maximum atomic E-state index is 12.6. The fourth-order valence-electron chi connectivity index (χ4n) is 5.59. The van der Waals surface area contributed by atoms with Gasteiger partial charge in [0.05, 0.1) is 11.9 Å². The standard InChI is InChI=1S/C32H38N6O2/c1-20-15-23(16-24-18-38(12-10-25(20)24)13-11-29(39)35(3)4)28-17-33-31-30(34-28)27(19-37(31)7)22-8-9-26(21(2)14-22)32(40)36(5)6/h8-9,14-17,19H,10-13,18H2,1-7H3. The van der Waals surface area contributed by atoms with Crippen molar-refractivity contribution in [2.45, 2.75) is 33.2 Å². The minimum atomic E-state index is -0.00492. The molecule has 0 atom stereocenters. The highest BCUT2D eigenvalue weighted by atomic mass is 16.2. The van der Waals surface area contributed by atoms with E-state index in [0.717, 1.165) is 65.2 Å². The zero-order chi connectivity index (χ0) is 28.7. The van der Waals surface area contributed by atoms with Crippen molar-refractivity contribution in [3.05, 3.63) is 70.5 Å². The van der Waals surface area contributed by atoms with Gasteiger partial charge in [0, 0.05) is 84.2 Å². The second-order valence-corrected chi connectivity index (χ2v) is 11.3. The van der Waals surface area contributed by atoms with Gasteiger partial charge in [0.25, 0.3) is 5.91 Å². The number of hydrogen-bond donors (Lipinski definition) is 0. The summed E-state index contributed by atoms with van der Waals surface area (Å²) in [4.78, 5) is 40.2. The zero-order valence-electron chi connectivity index (χ0n) is 24.6. The highest BCUT2D eigenvalue weighted by Gasteiger charge is 2.21. The van der Waals surface area contributed by atoms with Crippen LogP contribution in [0.3, 0.4) is 0 Å². The number of benzene rings is 2. The van der Waals surface area contributed by atoms with Gasteiger partial charge in [-0.2, -0.15) is 0 Å². The summed E-state index contributed by atoms with van der Waals surface area (Å²) < 4.78 is 2.00. The van der Waals surface area contributed by atoms with E-state index in [4.69, 9.17) is 9.97 Å². The van der Waals surface area contributed by atoms with Crippen LogP contribution in [0.15, 0.2) is 42.7 Å². The van der Waals surface area contributed by atoms with Crippen LogP contribution in [-0.4, -0.2) is 82.3 Å². The Morgan fingerprint density at radius 3 is 2.42 bits per heavy atom. The average molecular weight is 539 g/mol. The van der Waals surface area contributed by atoms with Crippen LogP contribution in [0.2, 0.25) is 0 Å². The fourth-order valence-corrected chi connectivity index (χ4v) is 5.59. The van der Waals surface area contributed by atoms with Crippen LogP contribution in [0.4, 0.5) is 0 Å².